The fraction of sp³-hybridized carbons (Fsp3) is 0.562. The van der Waals surface area contributed by atoms with Crippen LogP contribution in [0.2, 0.25) is 0 Å². The third kappa shape index (κ3) is 3.77. The van der Waals surface area contributed by atoms with Gasteiger partial charge in [-0.25, -0.2) is 22.0 Å². The molecule has 0 saturated carbocycles. The van der Waals surface area contributed by atoms with Crippen molar-refractivity contribution in [2.75, 3.05) is 32.4 Å². The van der Waals surface area contributed by atoms with Gasteiger partial charge in [-0.2, -0.15) is 0 Å². The molecule has 138 valence electrons. The smallest absolute Gasteiger partial charge is 0.320 e. The lowest BCUT2D eigenvalue weighted by molar-refractivity contribution is 0.164. The Hall–Kier alpha value is -1.74. The van der Waals surface area contributed by atoms with Crippen molar-refractivity contribution in [1.82, 2.24) is 15.1 Å². The lowest BCUT2D eigenvalue weighted by Crippen LogP contribution is -2.45. The van der Waals surface area contributed by atoms with Crippen LogP contribution in [0.5, 0.6) is 0 Å². The van der Waals surface area contributed by atoms with E-state index in [0.29, 0.717) is 13.1 Å². The zero-order valence-electron chi connectivity index (χ0n) is 14.0. The SMILES string of the molecule is CS(=O)(=O)c1cc(F)c(CN2CCN(C3CCNCC3)C2=O)c(F)c1. The summed E-state index contributed by atoms with van der Waals surface area (Å²) in [5, 5.41) is 3.24. The number of nitrogens with zero attached hydrogens (tertiary/aromatic N) is 2. The molecular formula is C16H21F2N3O3S. The molecule has 0 aromatic heterocycles. The van der Waals surface area contributed by atoms with E-state index in [1.165, 1.54) is 4.90 Å². The van der Waals surface area contributed by atoms with Crippen molar-refractivity contribution in [1.29, 1.82) is 0 Å². The Kier molecular flexibility index (Phi) is 4.97. The van der Waals surface area contributed by atoms with Crippen LogP contribution in [0.4, 0.5) is 13.6 Å². The van der Waals surface area contributed by atoms with Gasteiger partial charge >= 0.3 is 6.03 Å². The van der Waals surface area contributed by atoms with Gasteiger partial charge in [-0.15, -0.1) is 0 Å². The van der Waals surface area contributed by atoms with E-state index in [1.807, 2.05) is 0 Å². The molecule has 25 heavy (non-hydrogen) atoms. The highest BCUT2D eigenvalue weighted by molar-refractivity contribution is 7.90. The lowest BCUT2D eigenvalue weighted by atomic mass is 10.1. The van der Waals surface area contributed by atoms with Crippen molar-refractivity contribution in [3.05, 3.63) is 29.3 Å². The maximum absolute atomic E-state index is 14.2. The molecule has 0 atom stereocenters. The van der Waals surface area contributed by atoms with Crippen LogP contribution in [0.3, 0.4) is 0 Å². The summed E-state index contributed by atoms with van der Waals surface area (Å²) in [6.07, 6.45) is 2.62. The Balaban J connectivity index is 1.76. The van der Waals surface area contributed by atoms with E-state index in [1.54, 1.807) is 4.90 Å². The highest BCUT2D eigenvalue weighted by atomic mass is 32.2. The van der Waals surface area contributed by atoms with Crippen LogP contribution in [-0.2, 0) is 16.4 Å². The number of urea groups is 1. The maximum Gasteiger partial charge on any atom is 0.320 e. The third-order valence-electron chi connectivity index (χ3n) is 4.77. The van der Waals surface area contributed by atoms with Crippen molar-refractivity contribution < 1.29 is 22.0 Å². The Bertz CT molecular complexity index is 756. The highest BCUT2D eigenvalue weighted by Gasteiger charge is 2.35. The van der Waals surface area contributed by atoms with Gasteiger partial charge in [0.1, 0.15) is 11.6 Å². The van der Waals surface area contributed by atoms with E-state index in [2.05, 4.69) is 5.32 Å². The summed E-state index contributed by atoms with van der Waals surface area (Å²) in [4.78, 5) is 15.3. The zero-order valence-corrected chi connectivity index (χ0v) is 14.8. The molecule has 2 saturated heterocycles. The number of halogens is 2. The van der Waals surface area contributed by atoms with E-state index < -0.39 is 26.4 Å². The van der Waals surface area contributed by atoms with E-state index in [9.17, 15) is 22.0 Å². The molecule has 2 heterocycles. The number of rotatable bonds is 4. The average molecular weight is 373 g/mol. The third-order valence-corrected chi connectivity index (χ3v) is 5.86. The van der Waals surface area contributed by atoms with Crippen molar-refractivity contribution in [2.45, 2.75) is 30.3 Å². The van der Waals surface area contributed by atoms with Gasteiger partial charge in [0.15, 0.2) is 9.84 Å². The Morgan fingerprint density at radius 1 is 1.16 bits per heavy atom. The summed E-state index contributed by atoms with van der Waals surface area (Å²) >= 11 is 0. The van der Waals surface area contributed by atoms with Gasteiger partial charge in [0.05, 0.1) is 11.4 Å². The minimum Gasteiger partial charge on any atom is -0.320 e. The summed E-state index contributed by atoms with van der Waals surface area (Å²) in [5.74, 6) is -1.90. The molecule has 0 spiro atoms. The summed E-state index contributed by atoms with van der Waals surface area (Å²) in [5.41, 5.74) is -0.284. The Morgan fingerprint density at radius 3 is 2.32 bits per heavy atom. The second kappa shape index (κ2) is 6.87. The van der Waals surface area contributed by atoms with Gasteiger partial charge in [-0.05, 0) is 38.1 Å². The van der Waals surface area contributed by atoms with Crippen LogP contribution in [0.15, 0.2) is 17.0 Å². The van der Waals surface area contributed by atoms with Crippen molar-refractivity contribution in [3.8, 4) is 0 Å². The number of hydrogen-bond donors (Lipinski definition) is 1. The molecule has 3 rings (SSSR count). The van der Waals surface area contributed by atoms with Crippen LogP contribution >= 0.6 is 0 Å². The van der Waals surface area contributed by atoms with Gasteiger partial charge in [0.25, 0.3) is 0 Å². The molecular weight excluding hydrogens is 352 g/mol. The first kappa shape index (κ1) is 18.1. The van der Waals surface area contributed by atoms with Crippen LogP contribution in [-0.4, -0.2) is 62.7 Å². The molecule has 0 aliphatic carbocycles. The minimum absolute atomic E-state index is 0.154. The first-order chi connectivity index (χ1) is 11.8. The van der Waals surface area contributed by atoms with E-state index in [4.69, 9.17) is 0 Å². The van der Waals surface area contributed by atoms with E-state index >= 15 is 0 Å². The molecule has 0 radical (unpaired) electrons. The molecule has 0 bridgehead atoms. The van der Waals surface area contributed by atoms with Crippen molar-refractivity contribution in [3.63, 3.8) is 0 Å². The second-order valence-corrected chi connectivity index (χ2v) is 8.53. The molecule has 6 nitrogen and oxygen atoms in total. The fourth-order valence-corrected chi connectivity index (χ4v) is 3.98. The number of carbonyl (C=O) groups excluding carboxylic acids is 1. The summed E-state index contributed by atoms with van der Waals surface area (Å²) < 4.78 is 51.3. The summed E-state index contributed by atoms with van der Waals surface area (Å²) in [6.45, 7) is 2.43. The monoisotopic (exact) mass is 373 g/mol. The Labute approximate surface area is 145 Å². The maximum atomic E-state index is 14.2. The molecule has 9 heteroatoms. The lowest BCUT2D eigenvalue weighted by Gasteiger charge is -2.31. The van der Waals surface area contributed by atoms with E-state index in [0.717, 1.165) is 44.3 Å². The minimum atomic E-state index is -3.70. The molecule has 2 fully saturated rings. The predicted octanol–water partition coefficient (Wildman–Crippen LogP) is 1.36. The Morgan fingerprint density at radius 2 is 1.76 bits per heavy atom. The van der Waals surface area contributed by atoms with Gasteiger partial charge < -0.3 is 15.1 Å². The van der Waals surface area contributed by atoms with Gasteiger partial charge in [-0.1, -0.05) is 0 Å². The highest BCUT2D eigenvalue weighted by Crippen LogP contribution is 2.24. The number of piperidine rings is 1. The van der Waals surface area contributed by atoms with Gasteiger partial charge in [-0.3, -0.25) is 0 Å². The van der Waals surface area contributed by atoms with Crippen LogP contribution in [0.1, 0.15) is 18.4 Å². The molecule has 1 aromatic rings. The summed E-state index contributed by atoms with van der Waals surface area (Å²) in [6, 6.07) is 1.54. The van der Waals surface area contributed by atoms with Crippen LogP contribution in [0.25, 0.3) is 0 Å². The summed E-state index contributed by atoms with van der Waals surface area (Å²) in [7, 11) is -3.70. The largest absolute Gasteiger partial charge is 0.320 e. The standard InChI is InChI=1S/C16H21F2N3O3S/c1-25(23,24)12-8-14(17)13(15(18)9-12)10-20-6-7-21(16(20)22)11-2-4-19-5-3-11/h8-9,11,19H,2-7,10H2,1H3. The molecule has 0 unspecified atom stereocenters. The van der Waals surface area contributed by atoms with Crippen LogP contribution in [0, 0.1) is 11.6 Å². The number of benzene rings is 1. The second-order valence-electron chi connectivity index (χ2n) is 6.52. The van der Waals surface area contributed by atoms with Crippen LogP contribution < -0.4 is 5.32 Å². The topological polar surface area (TPSA) is 69.7 Å². The molecule has 2 aliphatic heterocycles. The van der Waals surface area contributed by atoms with E-state index in [-0.39, 0.29) is 24.2 Å². The first-order valence-corrected chi connectivity index (χ1v) is 10.1. The number of carbonyl (C=O) groups is 1. The van der Waals surface area contributed by atoms with Gasteiger partial charge in [0, 0.05) is 31.0 Å². The van der Waals surface area contributed by atoms with Crippen molar-refractivity contribution in [2.24, 2.45) is 0 Å². The number of hydrogen-bond acceptors (Lipinski definition) is 4. The molecule has 1 N–H and O–H groups in total. The fourth-order valence-electron chi connectivity index (χ4n) is 3.34. The molecule has 2 aliphatic rings. The normalized spacial score (nSPS) is 19.7. The molecule has 1 aromatic carbocycles. The zero-order chi connectivity index (χ0) is 18.2. The van der Waals surface area contributed by atoms with Crippen molar-refractivity contribution >= 4 is 15.9 Å². The number of nitrogens with one attached hydrogen (secondary N) is 1. The first-order valence-electron chi connectivity index (χ1n) is 8.21. The number of sulfone groups is 1. The van der Waals surface area contributed by atoms with Gasteiger partial charge in [0.2, 0.25) is 0 Å². The quantitative estimate of drug-likeness (QED) is 0.865. The predicted molar refractivity (Wildman–Crippen MR) is 87.9 cm³/mol. The molecule has 2 amide bonds. The number of amides is 2. The average Bonchev–Trinajstić information content (AvgIpc) is 2.91.